The summed E-state index contributed by atoms with van der Waals surface area (Å²) in [5, 5.41) is 0. The summed E-state index contributed by atoms with van der Waals surface area (Å²) in [6.07, 6.45) is 4.28. The second-order valence-electron chi connectivity index (χ2n) is 3.85. The maximum Gasteiger partial charge on any atom is -0.000461 e. The third-order valence-corrected chi connectivity index (χ3v) is 2.35. The van der Waals surface area contributed by atoms with Gasteiger partial charge in [-0.15, -0.1) is 0 Å². The van der Waals surface area contributed by atoms with Crippen LogP contribution in [0.1, 0.15) is 30.9 Å². The van der Waals surface area contributed by atoms with Gasteiger partial charge in [0.2, 0.25) is 0 Å². The van der Waals surface area contributed by atoms with Crippen molar-refractivity contribution in [2.24, 2.45) is 0 Å². The van der Waals surface area contributed by atoms with Crippen molar-refractivity contribution in [3.63, 3.8) is 0 Å². The highest BCUT2D eigenvalue weighted by Crippen LogP contribution is 2.20. The zero-order valence-electron chi connectivity index (χ0n) is 9.25. The molecule has 0 bridgehead atoms. The molecule has 0 aliphatic carbocycles. The second kappa shape index (κ2) is 4.80. The summed E-state index contributed by atoms with van der Waals surface area (Å²) in [5.41, 5.74) is 3.85. The summed E-state index contributed by atoms with van der Waals surface area (Å²) in [5.74, 6) is 0.466. The minimum Gasteiger partial charge on any atom is -0.0961 e. The lowest BCUT2D eigenvalue weighted by atomic mass is 9.96. The molecule has 0 spiro atoms. The van der Waals surface area contributed by atoms with E-state index in [0.29, 0.717) is 5.92 Å². The molecule has 14 heavy (non-hydrogen) atoms. The molecule has 0 fully saturated rings. The molecule has 0 aliphatic heterocycles. The van der Waals surface area contributed by atoms with Crippen LogP contribution in [0, 0.1) is 6.92 Å². The Labute approximate surface area is 87.0 Å². The molecule has 0 heteroatoms. The van der Waals surface area contributed by atoms with Crippen molar-refractivity contribution in [3.8, 4) is 0 Å². The normalized spacial score (nSPS) is 13.1. The van der Waals surface area contributed by atoms with Gasteiger partial charge in [-0.25, -0.2) is 0 Å². The fourth-order valence-electron chi connectivity index (χ4n) is 1.51. The van der Waals surface area contributed by atoms with Crippen LogP contribution in [-0.2, 0) is 0 Å². The van der Waals surface area contributed by atoms with Crippen LogP contribution in [0.25, 0.3) is 0 Å². The molecule has 0 saturated heterocycles. The Kier molecular flexibility index (Phi) is 3.70. The molecule has 1 aromatic rings. The maximum absolute atomic E-state index is 3.86. The topological polar surface area (TPSA) is 0 Å². The van der Waals surface area contributed by atoms with Crippen molar-refractivity contribution in [2.75, 3.05) is 0 Å². The van der Waals surface area contributed by atoms with E-state index < -0.39 is 0 Å². The van der Waals surface area contributed by atoms with Crippen LogP contribution in [-0.4, -0.2) is 0 Å². The predicted molar refractivity (Wildman–Crippen MR) is 63.5 cm³/mol. The number of benzene rings is 1. The highest BCUT2D eigenvalue weighted by atomic mass is 14.1. The largest absolute Gasteiger partial charge is 0.0961 e. The van der Waals surface area contributed by atoms with Crippen molar-refractivity contribution in [1.29, 1.82) is 0 Å². The van der Waals surface area contributed by atoms with Gasteiger partial charge in [0.15, 0.2) is 0 Å². The lowest BCUT2D eigenvalue weighted by Crippen LogP contribution is -1.92. The molecular weight excluding hydrogens is 168 g/mol. The van der Waals surface area contributed by atoms with Crippen molar-refractivity contribution in [2.45, 2.75) is 26.7 Å². The van der Waals surface area contributed by atoms with Gasteiger partial charge in [-0.3, -0.25) is 0 Å². The molecule has 0 radical (unpaired) electrons. The first-order valence-electron chi connectivity index (χ1n) is 5.00. The zero-order chi connectivity index (χ0) is 10.6. The van der Waals surface area contributed by atoms with Crippen LogP contribution in [0.2, 0.25) is 0 Å². The fourth-order valence-corrected chi connectivity index (χ4v) is 1.51. The SMILES string of the molecule is C=C(C)/C=C\C(C)c1ccccc1C. The molecule has 74 valence electrons. The van der Waals surface area contributed by atoms with Gasteiger partial charge in [0.05, 0.1) is 0 Å². The summed E-state index contributed by atoms with van der Waals surface area (Å²) >= 11 is 0. The van der Waals surface area contributed by atoms with Crippen molar-refractivity contribution >= 4 is 0 Å². The third kappa shape index (κ3) is 2.88. The van der Waals surface area contributed by atoms with E-state index in [0.717, 1.165) is 5.57 Å². The first kappa shape index (κ1) is 10.8. The molecule has 0 saturated carbocycles. The van der Waals surface area contributed by atoms with Gasteiger partial charge in [0.25, 0.3) is 0 Å². The van der Waals surface area contributed by atoms with Crippen LogP contribution < -0.4 is 0 Å². The molecule has 1 rings (SSSR count). The van der Waals surface area contributed by atoms with E-state index in [2.05, 4.69) is 56.8 Å². The summed E-state index contributed by atoms with van der Waals surface area (Å²) < 4.78 is 0. The number of hydrogen-bond acceptors (Lipinski definition) is 0. The van der Waals surface area contributed by atoms with Gasteiger partial charge < -0.3 is 0 Å². The highest BCUT2D eigenvalue weighted by molar-refractivity contribution is 5.32. The average Bonchev–Trinajstić information content (AvgIpc) is 2.15. The van der Waals surface area contributed by atoms with Crippen LogP contribution in [0.5, 0.6) is 0 Å². The number of rotatable bonds is 3. The molecule has 1 aromatic carbocycles. The molecule has 0 nitrogen and oxygen atoms in total. The highest BCUT2D eigenvalue weighted by Gasteiger charge is 2.02. The summed E-state index contributed by atoms with van der Waals surface area (Å²) in [4.78, 5) is 0. The fraction of sp³-hybridized carbons (Fsp3) is 0.286. The van der Waals surface area contributed by atoms with Gasteiger partial charge in [-0.1, -0.05) is 55.5 Å². The van der Waals surface area contributed by atoms with E-state index in [4.69, 9.17) is 0 Å². The van der Waals surface area contributed by atoms with E-state index in [1.807, 2.05) is 6.92 Å². The van der Waals surface area contributed by atoms with Gasteiger partial charge in [-0.05, 0) is 30.9 Å². The van der Waals surface area contributed by atoms with Crippen molar-refractivity contribution in [3.05, 3.63) is 59.7 Å². The quantitative estimate of drug-likeness (QED) is 0.620. The molecule has 0 aliphatic rings. The van der Waals surface area contributed by atoms with Crippen LogP contribution in [0.4, 0.5) is 0 Å². The van der Waals surface area contributed by atoms with E-state index in [9.17, 15) is 0 Å². The number of aryl methyl sites for hydroxylation is 1. The summed E-state index contributed by atoms with van der Waals surface area (Å²) in [6.45, 7) is 10.2. The van der Waals surface area contributed by atoms with Crippen LogP contribution in [0.15, 0.2) is 48.6 Å². The Hall–Kier alpha value is -1.30. The van der Waals surface area contributed by atoms with Crippen LogP contribution in [0.3, 0.4) is 0 Å². The minimum absolute atomic E-state index is 0.466. The molecular formula is C14H18. The Balaban J connectivity index is 2.84. The molecule has 0 heterocycles. The minimum atomic E-state index is 0.466. The lowest BCUT2D eigenvalue weighted by Gasteiger charge is -2.09. The third-order valence-electron chi connectivity index (χ3n) is 2.35. The lowest BCUT2D eigenvalue weighted by molar-refractivity contribution is 0.951. The molecule has 0 aromatic heterocycles. The van der Waals surface area contributed by atoms with Crippen LogP contribution >= 0.6 is 0 Å². The standard InChI is InChI=1S/C14H18/c1-11(2)9-10-13(4)14-8-6-5-7-12(14)3/h5-10,13H,1H2,2-4H3/b10-9-. The van der Waals surface area contributed by atoms with Crippen molar-refractivity contribution in [1.82, 2.24) is 0 Å². The van der Waals surface area contributed by atoms with Gasteiger partial charge >= 0.3 is 0 Å². The maximum atomic E-state index is 3.86. The predicted octanol–water partition coefficient (Wildman–Crippen LogP) is 4.23. The smallest absolute Gasteiger partial charge is 0.000461 e. The Morgan fingerprint density at radius 2 is 2.00 bits per heavy atom. The zero-order valence-corrected chi connectivity index (χ0v) is 9.25. The second-order valence-corrected chi connectivity index (χ2v) is 3.85. The van der Waals surface area contributed by atoms with Gasteiger partial charge in [0.1, 0.15) is 0 Å². The Morgan fingerprint density at radius 1 is 1.36 bits per heavy atom. The van der Waals surface area contributed by atoms with E-state index >= 15 is 0 Å². The van der Waals surface area contributed by atoms with Gasteiger partial charge in [0, 0.05) is 0 Å². The number of allylic oxidation sites excluding steroid dienone is 3. The van der Waals surface area contributed by atoms with E-state index in [1.165, 1.54) is 11.1 Å². The van der Waals surface area contributed by atoms with Gasteiger partial charge in [-0.2, -0.15) is 0 Å². The summed E-state index contributed by atoms with van der Waals surface area (Å²) in [6, 6.07) is 8.50. The molecule has 1 atom stereocenters. The average molecular weight is 186 g/mol. The monoisotopic (exact) mass is 186 g/mol. The van der Waals surface area contributed by atoms with Crippen molar-refractivity contribution < 1.29 is 0 Å². The first-order valence-corrected chi connectivity index (χ1v) is 5.00. The molecule has 1 unspecified atom stereocenters. The Morgan fingerprint density at radius 3 is 2.57 bits per heavy atom. The molecule has 0 N–H and O–H groups in total. The van der Waals surface area contributed by atoms with E-state index in [-0.39, 0.29) is 0 Å². The molecule has 0 amide bonds. The summed E-state index contributed by atoms with van der Waals surface area (Å²) in [7, 11) is 0. The number of hydrogen-bond donors (Lipinski definition) is 0. The first-order chi connectivity index (χ1) is 6.61. The Bertz CT molecular complexity index is 345. The van der Waals surface area contributed by atoms with E-state index in [1.54, 1.807) is 0 Å².